The molecule has 0 fully saturated rings. The van der Waals surface area contributed by atoms with Crippen molar-refractivity contribution < 1.29 is 4.79 Å². The molecule has 106 valence electrons. The lowest BCUT2D eigenvalue weighted by molar-refractivity contribution is 0.0941. The topological polar surface area (TPSA) is 72.9 Å². The third-order valence-corrected chi connectivity index (χ3v) is 3.27. The molecule has 5 nitrogen and oxygen atoms in total. The first-order chi connectivity index (χ1) is 9.52. The number of nitrogen functional groups attached to an aromatic ring is 1. The molecular weight excluding hydrogens is 276 g/mol. The highest BCUT2D eigenvalue weighted by Crippen LogP contribution is 2.16. The van der Waals surface area contributed by atoms with Gasteiger partial charge in [0, 0.05) is 18.1 Å². The van der Waals surface area contributed by atoms with Crippen molar-refractivity contribution in [3.8, 4) is 0 Å². The molecule has 0 saturated carbocycles. The lowest BCUT2D eigenvalue weighted by Crippen LogP contribution is -2.26. The predicted molar refractivity (Wildman–Crippen MR) is 79.7 cm³/mol. The number of anilines is 1. The van der Waals surface area contributed by atoms with Crippen molar-refractivity contribution in [2.75, 3.05) is 5.73 Å². The number of nitrogens with zero attached hydrogens (tertiary/aromatic N) is 2. The van der Waals surface area contributed by atoms with Crippen LogP contribution in [0.15, 0.2) is 24.3 Å². The van der Waals surface area contributed by atoms with Crippen LogP contribution in [0.25, 0.3) is 0 Å². The maximum absolute atomic E-state index is 12.2. The van der Waals surface area contributed by atoms with Gasteiger partial charge in [0.05, 0.1) is 11.4 Å². The summed E-state index contributed by atoms with van der Waals surface area (Å²) in [6.07, 6.45) is 0. The third kappa shape index (κ3) is 2.93. The molecule has 0 saturated heterocycles. The first-order valence-corrected chi connectivity index (χ1v) is 6.76. The maximum atomic E-state index is 12.2. The molecule has 20 heavy (non-hydrogen) atoms. The Morgan fingerprint density at radius 1 is 1.50 bits per heavy atom. The summed E-state index contributed by atoms with van der Waals surface area (Å²) in [6, 6.07) is 7.35. The van der Waals surface area contributed by atoms with Crippen LogP contribution >= 0.6 is 11.6 Å². The van der Waals surface area contributed by atoms with E-state index in [1.165, 1.54) is 0 Å². The zero-order valence-electron chi connectivity index (χ0n) is 11.5. The molecule has 0 aliphatic carbocycles. The maximum Gasteiger partial charge on any atom is 0.271 e. The van der Waals surface area contributed by atoms with Crippen LogP contribution in [0.1, 0.15) is 28.7 Å². The molecule has 0 aliphatic rings. The molecule has 1 amide bonds. The fraction of sp³-hybridized carbons (Fsp3) is 0.286. The summed E-state index contributed by atoms with van der Waals surface area (Å²) in [6.45, 7) is 4.69. The number of aryl methyl sites for hydroxylation is 2. The van der Waals surface area contributed by atoms with Gasteiger partial charge in [0.25, 0.3) is 5.91 Å². The minimum atomic E-state index is -0.232. The molecule has 3 N–H and O–H groups in total. The van der Waals surface area contributed by atoms with Gasteiger partial charge in [-0.05, 0) is 31.5 Å². The minimum absolute atomic E-state index is 0.232. The van der Waals surface area contributed by atoms with E-state index >= 15 is 0 Å². The Kier molecular flexibility index (Phi) is 4.29. The first-order valence-electron chi connectivity index (χ1n) is 6.38. The van der Waals surface area contributed by atoms with E-state index in [0.717, 1.165) is 5.56 Å². The van der Waals surface area contributed by atoms with Gasteiger partial charge in [-0.25, -0.2) is 0 Å². The lowest BCUT2D eigenvalue weighted by atomic mass is 10.2. The van der Waals surface area contributed by atoms with Gasteiger partial charge in [0.2, 0.25) is 0 Å². The summed E-state index contributed by atoms with van der Waals surface area (Å²) < 4.78 is 1.61. The number of hydrogen-bond donors (Lipinski definition) is 2. The number of rotatable bonds is 4. The molecule has 6 heteroatoms. The van der Waals surface area contributed by atoms with Crippen molar-refractivity contribution in [1.82, 2.24) is 15.1 Å². The monoisotopic (exact) mass is 292 g/mol. The van der Waals surface area contributed by atoms with Gasteiger partial charge < -0.3 is 11.1 Å². The number of benzene rings is 1. The highest BCUT2D eigenvalue weighted by Gasteiger charge is 2.18. The summed E-state index contributed by atoms with van der Waals surface area (Å²) >= 11 is 5.91. The van der Waals surface area contributed by atoms with E-state index in [9.17, 15) is 4.79 Å². The lowest BCUT2D eigenvalue weighted by Gasteiger charge is -2.08. The summed E-state index contributed by atoms with van der Waals surface area (Å²) in [5.74, 6) is -0.232. The van der Waals surface area contributed by atoms with Gasteiger partial charge in [0.15, 0.2) is 0 Å². The fourth-order valence-corrected chi connectivity index (χ4v) is 2.19. The van der Waals surface area contributed by atoms with Gasteiger partial charge >= 0.3 is 0 Å². The second-order valence-electron chi connectivity index (χ2n) is 4.48. The van der Waals surface area contributed by atoms with Gasteiger partial charge in [0.1, 0.15) is 5.69 Å². The zero-order valence-corrected chi connectivity index (χ0v) is 12.2. The first kappa shape index (κ1) is 14.4. The molecule has 0 aliphatic heterocycles. The molecule has 0 atom stereocenters. The number of halogens is 1. The number of nitrogens with one attached hydrogen (secondary N) is 1. The SMILES string of the molecule is CCn1nc(C)c(N)c1C(=O)NCc1cccc(Cl)c1. The summed E-state index contributed by atoms with van der Waals surface area (Å²) in [7, 11) is 0. The van der Waals surface area contributed by atoms with Crippen LogP contribution < -0.4 is 11.1 Å². The van der Waals surface area contributed by atoms with Crippen LogP contribution in [0, 0.1) is 6.92 Å². The Hall–Kier alpha value is -2.01. The molecule has 0 bridgehead atoms. The zero-order chi connectivity index (χ0) is 14.7. The predicted octanol–water partition coefficient (Wildman–Crippen LogP) is 2.38. The molecule has 0 spiro atoms. The van der Waals surface area contributed by atoms with Crippen LogP contribution in [-0.2, 0) is 13.1 Å². The van der Waals surface area contributed by atoms with E-state index in [2.05, 4.69) is 10.4 Å². The number of hydrogen-bond acceptors (Lipinski definition) is 3. The Balaban J connectivity index is 2.13. The van der Waals surface area contributed by atoms with Crippen molar-refractivity contribution in [3.63, 3.8) is 0 Å². The summed E-state index contributed by atoms with van der Waals surface area (Å²) in [5, 5.41) is 7.71. The van der Waals surface area contributed by atoms with E-state index in [-0.39, 0.29) is 5.91 Å². The van der Waals surface area contributed by atoms with E-state index in [0.29, 0.717) is 35.2 Å². The van der Waals surface area contributed by atoms with Crippen molar-refractivity contribution in [2.45, 2.75) is 26.9 Å². The van der Waals surface area contributed by atoms with Gasteiger partial charge in [-0.3, -0.25) is 9.48 Å². The fourth-order valence-electron chi connectivity index (χ4n) is 1.98. The van der Waals surface area contributed by atoms with Crippen molar-refractivity contribution in [2.24, 2.45) is 0 Å². The second kappa shape index (κ2) is 5.96. The highest BCUT2D eigenvalue weighted by molar-refractivity contribution is 6.30. The molecule has 2 rings (SSSR count). The highest BCUT2D eigenvalue weighted by atomic mass is 35.5. The molecule has 1 aromatic carbocycles. The van der Waals surface area contributed by atoms with E-state index in [1.54, 1.807) is 17.7 Å². The normalized spacial score (nSPS) is 10.6. The molecular formula is C14H17ClN4O. The van der Waals surface area contributed by atoms with Gasteiger partial charge in [-0.2, -0.15) is 5.10 Å². The Morgan fingerprint density at radius 2 is 2.25 bits per heavy atom. The Morgan fingerprint density at radius 3 is 2.90 bits per heavy atom. The third-order valence-electron chi connectivity index (χ3n) is 3.03. The molecule has 1 heterocycles. The number of nitrogens with two attached hydrogens (primary N) is 1. The number of carbonyl (C=O) groups excluding carboxylic acids is 1. The number of carbonyl (C=O) groups is 1. The van der Waals surface area contributed by atoms with E-state index < -0.39 is 0 Å². The van der Waals surface area contributed by atoms with Crippen LogP contribution in [0.4, 0.5) is 5.69 Å². The summed E-state index contributed by atoms with van der Waals surface area (Å²) in [5.41, 5.74) is 8.34. The van der Waals surface area contributed by atoms with Crippen LogP contribution in [0.3, 0.4) is 0 Å². The number of aromatic nitrogens is 2. The van der Waals surface area contributed by atoms with Crippen molar-refractivity contribution in [1.29, 1.82) is 0 Å². The van der Waals surface area contributed by atoms with Gasteiger partial charge in [-0.15, -0.1) is 0 Å². The molecule has 0 unspecified atom stereocenters. The Labute approximate surface area is 122 Å². The molecule has 2 aromatic rings. The second-order valence-corrected chi connectivity index (χ2v) is 4.91. The average molecular weight is 293 g/mol. The van der Waals surface area contributed by atoms with Gasteiger partial charge in [-0.1, -0.05) is 23.7 Å². The number of amides is 1. The van der Waals surface area contributed by atoms with Crippen LogP contribution in [0.5, 0.6) is 0 Å². The van der Waals surface area contributed by atoms with Crippen LogP contribution in [0.2, 0.25) is 5.02 Å². The molecule has 1 aromatic heterocycles. The van der Waals surface area contributed by atoms with Crippen molar-refractivity contribution >= 4 is 23.2 Å². The Bertz CT molecular complexity index is 636. The quantitative estimate of drug-likeness (QED) is 0.908. The van der Waals surface area contributed by atoms with E-state index in [4.69, 9.17) is 17.3 Å². The molecule has 0 radical (unpaired) electrons. The van der Waals surface area contributed by atoms with E-state index in [1.807, 2.05) is 25.1 Å². The van der Waals surface area contributed by atoms with Crippen molar-refractivity contribution in [3.05, 3.63) is 46.2 Å². The largest absolute Gasteiger partial charge is 0.395 e. The average Bonchev–Trinajstić information content (AvgIpc) is 2.72. The van der Waals surface area contributed by atoms with Crippen LogP contribution in [-0.4, -0.2) is 15.7 Å². The minimum Gasteiger partial charge on any atom is -0.395 e. The summed E-state index contributed by atoms with van der Waals surface area (Å²) in [4.78, 5) is 12.2. The standard InChI is InChI=1S/C14H17ClN4O/c1-3-19-13(12(16)9(2)18-19)14(20)17-8-10-5-4-6-11(15)7-10/h4-7H,3,8,16H2,1-2H3,(H,17,20). The smallest absolute Gasteiger partial charge is 0.271 e.